The first kappa shape index (κ1) is 27.4. The van der Waals surface area contributed by atoms with Gasteiger partial charge >= 0.3 is 0 Å². The highest BCUT2D eigenvalue weighted by molar-refractivity contribution is 5.51. The van der Waals surface area contributed by atoms with Gasteiger partial charge in [0.25, 0.3) is 0 Å². The number of rotatable bonds is 7. The van der Waals surface area contributed by atoms with Gasteiger partial charge in [-0.3, -0.25) is 14.6 Å². The predicted octanol–water partition coefficient (Wildman–Crippen LogP) is 4.77. The molecule has 2 fully saturated rings. The lowest BCUT2D eigenvalue weighted by atomic mass is 9.95. The molecule has 39 heavy (non-hydrogen) atoms. The van der Waals surface area contributed by atoms with Gasteiger partial charge in [-0.25, -0.2) is 8.78 Å². The van der Waals surface area contributed by atoms with Crippen LogP contribution in [0.3, 0.4) is 0 Å². The second-order valence-corrected chi connectivity index (χ2v) is 10.9. The minimum absolute atomic E-state index is 0.113. The van der Waals surface area contributed by atoms with Crippen molar-refractivity contribution in [3.05, 3.63) is 111 Å². The minimum Gasteiger partial charge on any atom is -0.366 e. The van der Waals surface area contributed by atoms with Crippen molar-refractivity contribution in [1.82, 2.24) is 15.1 Å². The van der Waals surface area contributed by atoms with Crippen molar-refractivity contribution < 1.29 is 8.78 Å². The second-order valence-electron chi connectivity index (χ2n) is 10.9. The third-order valence-corrected chi connectivity index (χ3v) is 7.97. The monoisotopic (exact) mass is 532 g/mol. The van der Waals surface area contributed by atoms with Crippen LogP contribution in [0, 0.1) is 11.6 Å². The Kier molecular flexibility index (Phi) is 8.70. The highest BCUT2D eigenvalue weighted by atomic mass is 19.1. The van der Waals surface area contributed by atoms with Crippen molar-refractivity contribution in [2.75, 3.05) is 57.3 Å². The fraction of sp³-hybridized carbons (Fsp3) is 0.406. The lowest BCUT2D eigenvalue weighted by Gasteiger charge is -2.39. The first-order chi connectivity index (χ1) is 18.9. The Balaban J connectivity index is 1.36. The summed E-state index contributed by atoms with van der Waals surface area (Å²) in [4.78, 5) is 20.5. The Morgan fingerprint density at radius 1 is 0.821 bits per heavy atom. The second kappa shape index (κ2) is 12.4. The molecule has 0 bridgehead atoms. The number of hydrogen-bond donors (Lipinski definition) is 1. The molecule has 5 rings (SSSR count). The molecule has 2 saturated heterocycles. The molecule has 7 heteroatoms. The summed E-state index contributed by atoms with van der Waals surface area (Å²) in [6.07, 6.45) is 0. The van der Waals surface area contributed by atoms with E-state index in [4.69, 9.17) is 0 Å². The molecule has 1 N–H and O–H groups in total. The van der Waals surface area contributed by atoms with Gasteiger partial charge in [0.1, 0.15) is 11.6 Å². The molecular formula is C32H38F2N4O. The van der Waals surface area contributed by atoms with E-state index in [1.54, 1.807) is 6.07 Å². The number of nitrogens with one attached hydrogen (secondary N) is 1. The third-order valence-electron chi connectivity index (χ3n) is 7.97. The van der Waals surface area contributed by atoms with Crippen molar-refractivity contribution in [1.29, 1.82) is 0 Å². The zero-order valence-corrected chi connectivity index (χ0v) is 22.9. The van der Waals surface area contributed by atoms with Crippen molar-refractivity contribution >= 4 is 5.69 Å². The highest BCUT2D eigenvalue weighted by Gasteiger charge is 2.29. The lowest BCUT2D eigenvalue weighted by Crippen LogP contribution is -2.48. The molecule has 3 aromatic carbocycles. The van der Waals surface area contributed by atoms with Crippen molar-refractivity contribution in [3.8, 4) is 0 Å². The number of anilines is 1. The van der Waals surface area contributed by atoms with Crippen LogP contribution in [0.15, 0.2) is 71.5 Å². The first-order valence-corrected chi connectivity index (χ1v) is 14.0. The number of nitrogens with zero attached hydrogens (tertiary/aromatic N) is 3. The van der Waals surface area contributed by atoms with Crippen LogP contribution in [0.4, 0.5) is 14.5 Å². The van der Waals surface area contributed by atoms with E-state index in [0.717, 1.165) is 62.1 Å². The maximum Gasteiger partial charge on any atom is 0.206 e. The van der Waals surface area contributed by atoms with E-state index in [2.05, 4.69) is 46.0 Å². The summed E-state index contributed by atoms with van der Waals surface area (Å²) in [5.41, 5.74) is 4.36. The predicted molar refractivity (Wildman–Crippen MR) is 153 cm³/mol. The van der Waals surface area contributed by atoms with Gasteiger partial charge in [0.2, 0.25) is 5.43 Å². The fourth-order valence-corrected chi connectivity index (χ4v) is 5.70. The molecule has 1 atom stereocenters. The maximum absolute atomic E-state index is 14.9. The Bertz CT molecular complexity index is 1320. The van der Waals surface area contributed by atoms with Crippen molar-refractivity contribution in [2.45, 2.75) is 32.4 Å². The quantitative estimate of drug-likeness (QED) is 0.475. The van der Waals surface area contributed by atoms with Gasteiger partial charge in [0.15, 0.2) is 0 Å². The molecular weight excluding hydrogens is 494 g/mol. The standard InChI is InChI=1S/C32H38F2N4O/c1-23(2)25-8-9-26(32(39)30(20-25)37-14-12-35-13-15-37)22-36-16-18-38(19-17-36)31(24-6-4-3-5-7-24)28-11-10-27(33)21-29(28)34/h3-11,20-21,23,31,35H,12-19,22H2,1-2H3. The molecule has 0 amide bonds. The molecule has 0 aromatic heterocycles. The topological polar surface area (TPSA) is 38.8 Å². The molecule has 0 spiro atoms. The lowest BCUT2D eigenvalue weighted by molar-refractivity contribution is 0.103. The van der Waals surface area contributed by atoms with E-state index in [1.165, 1.54) is 11.6 Å². The van der Waals surface area contributed by atoms with E-state index in [1.807, 2.05) is 36.4 Å². The smallest absolute Gasteiger partial charge is 0.206 e. The molecule has 5 nitrogen and oxygen atoms in total. The summed E-state index contributed by atoms with van der Waals surface area (Å²) >= 11 is 0. The van der Waals surface area contributed by atoms with Gasteiger partial charge in [0, 0.05) is 76.1 Å². The summed E-state index contributed by atoms with van der Waals surface area (Å²) in [7, 11) is 0. The van der Waals surface area contributed by atoms with Gasteiger partial charge in [-0.2, -0.15) is 0 Å². The van der Waals surface area contributed by atoms with Gasteiger partial charge in [0.05, 0.1) is 11.7 Å². The van der Waals surface area contributed by atoms with E-state index >= 15 is 0 Å². The Morgan fingerprint density at radius 3 is 2.21 bits per heavy atom. The maximum atomic E-state index is 14.9. The number of hydrogen-bond acceptors (Lipinski definition) is 5. The molecule has 1 unspecified atom stereocenters. The molecule has 0 radical (unpaired) electrons. The Morgan fingerprint density at radius 2 is 1.54 bits per heavy atom. The van der Waals surface area contributed by atoms with Gasteiger partial charge < -0.3 is 10.2 Å². The molecule has 0 saturated carbocycles. The molecule has 0 aliphatic carbocycles. The molecule has 2 aliphatic heterocycles. The SMILES string of the molecule is CC(C)c1ccc(CN2CCN(C(c3ccccc3)c3ccc(F)cc3F)CC2)c(=O)c(N2CCNCC2)c1. The van der Waals surface area contributed by atoms with E-state index in [9.17, 15) is 13.6 Å². The van der Waals surface area contributed by atoms with E-state index < -0.39 is 11.6 Å². The third kappa shape index (κ3) is 6.38. The molecule has 2 aliphatic rings. The van der Waals surface area contributed by atoms with Crippen LogP contribution >= 0.6 is 0 Å². The normalized spacial score (nSPS) is 17.9. The van der Waals surface area contributed by atoms with Crippen LogP contribution in [-0.2, 0) is 6.54 Å². The summed E-state index contributed by atoms with van der Waals surface area (Å²) in [6, 6.07) is 19.6. The van der Waals surface area contributed by atoms with E-state index in [0.29, 0.717) is 31.1 Å². The van der Waals surface area contributed by atoms with Crippen LogP contribution < -0.4 is 15.6 Å². The van der Waals surface area contributed by atoms with E-state index in [-0.39, 0.29) is 11.5 Å². The average molecular weight is 533 g/mol. The van der Waals surface area contributed by atoms with Crippen molar-refractivity contribution in [3.63, 3.8) is 0 Å². The fourth-order valence-electron chi connectivity index (χ4n) is 5.70. The number of piperazine rings is 2. The van der Waals surface area contributed by atoms with Crippen LogP contribution in [-0.4, -0.2) is 62.2 Å². The van der Waals surface area contributed by atoms with Crippen LogP contribution in [0.2, 0.25) is 0 Å². The number of halogens is 2. The zero-order chi connectivity index (χ0) is 27.4. The minimum atomic E-state index is -0.571. The Hall–Kier alpha value is -3.13. The first-order valence-electron chi connectivity index (χ1n) is 14.0. The van der Waals surface area contributed by atoms with Gasteiger partial charge in [-0.05, 0) is 29.2 Å². The van der Waals surface area contributed by atoms with Crippen LogP contribution in [0.5, 0.6) is 0 Å². The summed E-state index contributed by atoms with van der Waals surface area (Å²) in [6.45, 7) is 11.3. The molecule has 2 heterocycles. The Labute approximate surface area is 230 Å². The summed E-state index contributed by atoms with van der Waals surface area (Å²) < 4.78 is 28.6. The van der Waals surface area contributed by atoms with Crippen molar-refractivity contribution in [2.24, 2.45) is 0 Å². The molecule has 3 aromatic rings. The largest absolute Gasteiger partial charge is 0.366 e. The van der Waals surface area contributed by atoms with Crippen LogP contribution in [0.25, 0.3) is 0 Å². The van der Waals surface area contributed by atoms with Gasteiger partial charge in [-0.1, -0.05) is 62.4 Å². The van der Waals surface area contributed by atoms with Gasteiger partial charge in [-0.15, -0.1) is 0 Å². The summed E-state index contributed by atoms with van der Waals surface area (Å²) in [5.74, 6) is -0.768. The average Bonchev–Trinajstić information content (AvgIpc) is 3.11. The summed E-state index contributed by atoms with van der Waals surface area (Å²) in [5, 5.41) is 3.37. The van der Waals surface area contributed by atoms with Crippen LogP contribution in [0.1, 0.15) is 48.1 Å². The number of benzene rings is 2. The highest BCUT2D eigenvalue weighted by Crippen LogP contribution is 2.32. The zero-order valence-electron chi connectivity index (χ0n) is 22.9. The molecule has 206 valence electrons.